The molecule has 0 aromatic heterocycles. The Balaban J connectivity index is 1.65. The minimum absolute atomic E-state index is 0.297. The average Bonchev–Trinajstić information content (AvgIpc) is 2.81. The predicted molar refractivity (Wildman–Crippen MR) is 85.2 cm³/mol. The lowest BCUT2D eigenvalue weighted by atomic mass is 10.0. The first-order chi connectivity index (χ1) is 10.7. The monoisotopic (exact) mass is 295 g/mol. The largest absolute Gasteiger partial charge is 0.447 e. The summed E-state index contributed by atoms with van der Waals surface area (Å²) in [5.74, 6) is 1.53. The third-order valence-corrected chi connectivity index (χ3v) is 3.91. The number of nitrogens with two attached hydrogens (primary N) is 1. The van der Waals surface area contributed by atoms with Crippen LogP contribution in [-0.2, 0) is 6.42 Å². The highest BCUT2D eigenvalue weighted by Gasteiger charge is 2.27. The number of nitrogens with zero attached hydrogens (tertiary/aromatic N) is 1. The van der Waals surface area contributed by atoms with Crippen LogP contribution in [0.2, 0.25) is 0 Å². The van der Waals surface area contributed by atoms with Gasteiger partial charge in [-0.1, -0.05) is 0 Å². The van der Waals surface area contributed by atoms with Crippen LogP contribution in [0.3, 0.4) is 0 Å². The summed E-state index contributed by atoms with van der Waals surface area (Å²) in [6, 6.07) is 11.9. The molecule has 0 bridgehead atoms. The molecule has 2 aliphatic rings. The number of ether oxygens (including phenoxy) is 2. The lowest BCUT2D eigenvalue weighted by molar-refractivity contribution is 0.0487. The van der Waals surface area contributed by atoms with Gasteiger partial charge in [0.05, 0.1) is 6.21 Å². The van der Waals surface area contributed by atoms with Gasteiger partial charge in [-0.2, -0.15) is 5.10 Å². The summed E-state index contributed by atoms with van der Waals surface area (Å²) < 4.78 is 11.9. The maximum atomic E-state index is 5.95. The number of rotatable bonds is 1. The van der Waals surface area contributed by atoms with E-state index in [2.05, 4.69) is 23.5 Å². The topological polar surface area (TPSA) is 68.9 Å². The molecule has 0 spiro atoms. The zero-order chi connectivity index (χ0) is 15.1. The normalized spacial score (nSPS) is 21.9. The second-order valence-corrected chi connectivity index (χ2v) is 5.72. The van der Waals surface area contributed by atoms with E-state index in [-0.39, 0.29) is 0 Å². The van der Waals surface area contributed by atoms with Crippen LogP contribution in [0.15, 0.2) is 41.5 Å². The van der Waals surface area contributed by atoms with Crippen molar-refractivity contribution in [3.05, 3.63) is 53.1 Å². The second-order valence-electron chi connectivity index (χ2n) is 5.72. The van der Waals surface area contributed by atoms with E-state index in [1.54, 1.807) is 0 Å². The van der Waals surface area contributed by atoms with E-state index in [9.17, 15) is 0 Å². The Hall–Kier alpha value is -2.69. The van der Waals surface area contributed by atoms with Crippen LogP contribution in [0.1, 0.15) is 29.9 Å². The Labute approximate surface area is 128 Å². The van der Waals surface area contributed by atoms with Gasteiger partial charge in [0.2, 0.25) is 0 Å². The van der Waals surface area contributed by atoms with Gasteiger partial charge in [-0.25, -0.2) is 0 Å². The molecule has 0 fully saturated rings. The van der Waals surface area contributed by atoms with Crippen molar-refractivity contribution in [2.24, 2.45) is 5.10 Å². The number of nitrogens with one attached hydrogen (secondary N) is 1. The Morgan fingerprint density at radius 2 is 1.86 bits per heavy atom. The summed E-state index contributed by atoms with van der Waals surface area (Å²) >= 11 is 0. The van der Waals surface area contributed by atoms with Gasteiger partial charge in [-0.3, -0.25) is 0 Å². The molecule has 5 nitrogen and oxygen atoms in total. The fourth-order valence-electron chi connectivity index (χ4n) is 2.75. The molecule has 0 amide bonds. The van der Waals surface area contributed by atoms with Gasteiger partial charge in [0.15, 0.2) is 11.5 Å². The Bertz CT molecular complexity index is 740. The van der Waals surface area contributed by atoms with Crippen LogP contribution in [0.5, 0.6) is 11.5 Å². The van der Waals surface area contributed by atoms with Gasteiger partial charge in [0.1, 0.15) is 0 Å². The van der Waals surface area contributed by atoms with Crippen LogP contribution < -0.4 is 20.6 Å². The summed E-state index contributed by atoms with van der Waals surface area (Å²) in [6.45, 7) is 2.11. The van der Waals surface area contributed by atoms with E-state index < -0.39 is 6.29 Å². The SMILES string of the molecule is CC1Cc2cc3c(cc2C=NN1)OC(c1ccc(N)cc1)O3. The molecule has 0 radical (unpaired) electrons. The van der Waals surface area contributed by atoms with Crippen molar-refractivity contribution in [3.63, 3.8) is 0 Å². The summed E-state index contributed by atoms with van der Waals surface area (Å²) in [5, 5.41) is 4.22. The first kappa shape index (κ1) is 13.0. The molecule has 112 valence electrons. The van der Waals surface area contributed by atoms with Crippen LogP contribution in [-0.4, -0.2) is 12.3 Å². The van der Waals surface area contributed by atoms with Crippen molar-refractivity contribution >= 4 is 11.9 Å². The first-order valence-electron chi connectivity index (χ1n) is 7.33. The first-order valence-corrected chi connectivity index (χ1v) is 7.33. The standard InChI is InChI=1S/C17H17N3O2/c1-10-6-12-7-15-16(8-13(12)9-19-20-10)22-17(21-15)11-2-4-14(18)5-3-11/h2-5,7-10,17,20H,6,18H2,1H3. The molecular formula is C17H17N3O2. The maximum absolute atomic E-state index is 5.95. The lowest BCUT2D eigenvalue weighted by Crippen LogP contribution is -2.21. The van der Waals surface area contributed by atoms with Crippen molar-refractivity contribution in [1.29, 1.82) is 0 Å². The number of hydrogen-bond acceptors (Lipinski definition) is 5. The fraction of sp³-hybridized carbons (Fsp3) is 0.235. The number of benzene rings is 2. The summed E-state index contributed by atoms with van der Waals surface area (Å²) in [6.07, 6.45) is 2.31. The van der Waals surface area contributed by atoms with E-state index in [4.69, 9.17) is 15.2 Å². The average molecular weight is 295 g/mol. The number of fused-ring (bicyclic) bond motifs is 2. The minimum Gasteiger partial charge on any atom is -0.447 e. The molecule has 0 aliphatic carbocycles. The van der Waals surface area contributed by atoms with Crippen LogP contribution in [0.4, 0.5) is 5.69 Å². The highest BCUT2D eigenvalue weighted by molar-refractivity contribution is 5.83. The highest BCUT2D eigenvalue weighted by atomic mass is 16.7. The molecule has 22 heavy (non-hydrogen) atoms. The van der Waals surface area contributed by atoms with Crippen molar-refractivity contribution in [3.8, 4) is 11.5 Å². The molecule has 2 aromatic rings. The van der Waals surface area contributed by atoms with Crippen molar-refractivity contribution in [2.75, 3.05) is 5.73 Å². The summed E-state index contributed by atoms with van der Waals surface area (Å²) in [7, 11) is 0. The molecule has 0 saturated heterocycles. The third-order valence-electron chi connectivity index (χ3n) is 3.91. The Morgan fingerprint density at radius 3 is 2.64 bits per heavy atom. The molecule has 3 N–H and O–H groups in total. The molecule has 2 heterocycles. The van der Waals surface area contributed by atoms with Gasteiger partial charge in [0, 0.05) is 22.9 Å². The molecule has 0 saturated carbocycles. The molecule has 5 heteroatoms. The molecule has 4 rings (SSSR count). The van der Waals surface area contributed by atoms with Crippen molar-refractivity contribution in [2.45, 2.75) is 25.7 Å². The maximum Gasteiger partial charge on any atom is 0.267 e. The summed E-state index contributed by atoms with van der Waals surface area (Å²) in [5.41, 5.74) is 12.8. The molecular weight excluding hydrogens is 278 g/mol. The molecule has 2 unspecified atom stereocenters. The zero-order valence-corrected chi connectivity index (χ0v) is 12.2. The molecule has 2 aromatic carbocycles. The van der Waals surface area contributed by atoms with E-state index in [0.717, 1.165) is 34.7 Å². The van der Waals surface area contributed by atoms with E-state index >= 15 is 0 Å². The van der Waals surface area contributed by atoms with Crippen LogP contribution in [0, 0.1) is 0 Å². The van der Waals surface area contributed by atoms with Gasteiger partial charge >= 0.3 is 0 Å². The molecule has 2 aliphatic heterocycles. The van der Waals surface area contributed by atoms with Gasteiger partial charge in [-0.05, 0) is 55.3 Å². The lowest BCUT2D eigenvalue weighted by Gasteiger charge is -2.10. The van der Waals surface area contributed by atoms with Gasteiger partial charge < -0.3 is 20.6 Å². The number of nitrogen functional groups attached to an aromatic ring is 1. The predicted octanol–water partition coefficient (Wildman–Crippen LogP) is 2.61. The molecule has 2 atom stereocenters. The quantitative estimate of drug-likeness (QED) is 0.794. The number of hydrazone groups is 1. The van der Waals surface area contributed by atoms with Crippen molar-refractivity contribution in [1.82, 2.24) is 5.43 Å². The Kier molecular flexibility index (Phi) is 2.92. The fourth-order valence-corrected chi connectivity index (χ4v) is 2.75. The minimum atomic E-state index is -0.422. The van der Waals surface area contributed by atoms with Gasteiger partial charge in [-0.15, -0.1) is 0 Å². The van der Waals surface area contributed by atoms with Crippen LogP contribution in [0.25, 0.3) is 0 Å². The zero-order valence-electron chi connectivity index (χ0n) is 12.2. The van der Waals surface area contributed by atoms with Gasteiger partial charge in [0.25, 0.3) is 6.29 Å². The highest BCUT2D eigenvalue weighted by Crippen LogP contribution is 2.42. The third kappa shape index (κ3) is 2.24. The summed E-state index contributed by atoms with van der Waals surface area (Å²) in [4.78, 5) is 0. The second kappa shape index (κ2) is 4.94. The smallest absolute Gasteiger partial charge is 0.267 e. The Morgan fingerprint density at radius 1 is 1.14 bits per heavy atom. The number of anilines is 1. The number of hydrogen-bond donors (Lipinski definition) is 2. The van der Waals surface area contributed by atoms with Crippen molar-refractivity contribution < 1.29 is 9.47 Å². The van der Waals surface area contributed by atoms with Crippen LogP contribution >= 0.6 is 0 Å². The van der Waals surface area contributed by atoms with E-state index in [1.807, 2.05) is 36.5 Å². The van der Waals surface area contributed by atoms with E-state index in [0.29, 0.717) is 6.04 Å². The van der Waals surface area contributed by atoms with E-state index in [1.165, 1.54) is 5.56 Å².